The van der Waals surface area contributed by atoms with Crippen LogP contribution in [0, 0.1) is 11.3 Å². The second kappa shape index (κ2) is 6.15. The van der Waals surface area contributed by atoms with Crippen molar-refractivity contribution >= 4 is 23.4 Å². The first-order valence-corrected chi connectivity index (χ1v) is 6.55. The molecule has 0 aliphatic heterocycles. The molecule has 1 unspecified atom stereocenters. The van der Waals surface area contributed by atoms with Gasteiger partial charge in [0.1, 0.15) is 5.54 Å². The summed E-state index contributed by atoms with van der Waals surface area (Å²) in [5.41, 5.74) is 0.780. The predicted molar refractivity (Wildman–Crippen MR) is 70.7 cm³/mol. The number of benzene rings is 1. The molecule has 1 atom stereocenters. The highest BCUT2D eigenvalue weighted by Gasteiger charge is 2.20. The molecule has 2 nitrogen and oxygen atoms in total. The Kier molecular flexibility index (Phi) is 5.14. The number of nitrogens with zero attached hydrogens (tertiary/aromatic N) is 1. The van der Waals surface area contributed by atoms with Crippen molar-refractivity contribution < 1.29 is 0 Å². The molecule has 0 saturated heterocycles. The van der Waals surface area contributed by atoms with Crippen LogP contribution in [0.25, 0.3) is 0 Å². The van der Waals surface area contributed by atoms with Crippen molar-refractivity contribution in [3.8, 4) is 6.07 Å². The van der Waals surface area contributed by atoms with Gasteiger partial charge in [0.15, 0.2) is 0 Å². The summed E-state index contributed by atoms with van der Waals surface area (Å²) in [6, 6.07) is 10.1. The summed E-state index contributed by atoms with van der Waals surface area (Å²) in [4.78, 5) is 0. The normalized spacial score (nSPS) is 14.1. The fourth-order valence-electron chi connectivity index (χ4n) is 1.11. The molecule has 0 radical (unpaired) electrons. The highest BCUT2D eigenvalue weighted by Crippen LogP contribution is 2.19. The molecule has 0 fully saturated rings. The van der Waals surface area contributed by atoms with Crippen LogP contribution >= 0.6 is 23.4 Å². The monoisotopic (exact) mass is 254 g/mol. The minimum absolute atomic E-state index is 0.447. The summed E-state index contributed by atoms with van der Waals surface area (Å²) < 4.78 is 0. The summed E-state index contributed by atoms with van der Waals surface area (Å²) in [5.74, 6) is 1.67. The predicted octanol–water partition coefficient (Wildman–Crippen LogP) is 3.07. The van der Waals surface area contributed by atoms with E-state index in [-0.39, 0.29) is 0 Å². The van der Waals surface area contributed by atoms with E-state index in [2.05, 4.69) is 11.4 Å². The highest BCUT2D eigenvalue weighted by atomic mass is 35.5. The van der Waals surface area contributed by atoms with Gasteiger partial charge in [0.05, 0.1) is 6.07 Å². The van der Waals surface area contributed by atoms with Gasteiger partial charge in [-0.05, 0) is 31.7 Å². The molecule has 0 heterocycles. The van der Waals surface area contributed by atoms with Gasteiger partial charge in [-0.15, -0.1) is 0 Å². The molecule has 16 heavy (non-hydrogen) atoms. The molecule has 0 aromatic heterocycles. The number of hydrogen-bond acceptors (Lipinski definition) is 3. The standard InChI is InChI=1S/C12H15ClN2S/c1-12(8-14,15-2)9-16-7-10-3-5-11(13)6-4-10/h3-6,15H,7,9H2,1-2H3. The summed E-state index contributed by atoms with van der Waals surface area (Å²) in [7, 11) is 1.81. The van der Waals surface area contributed by atoms with Crippen molar-refractivity contribution in [3.05, 3.63) is 34.9 Å². The number of rotatable bonds is 5. The molecule has 1 aromatic carbocycles. The van der Waals surface area contributed by atoms with Crippen molar-refractivity contribution in [2.45, 2.75) is 18.2 Å². The third-order valence-corrected chi connectivity index (χ3v) is 3.94. The Bertz CT molecular complexity index is 372. The lowest BCUT2D eigenvalue weighted by atomic mass is 10.1. The maximum atomic E-state index is 8.98. The maximum absolute atomic E-state index is 8.98. The van der Waals surface area contributed by atoms with E-state index in [9.17, 15) is 0 Å². The van der Waals surface area contributed by atoms with Gasteiger partial charge in [0.2, 0.25) is 0 Å². The van der Waals surface area contributed by atoms with Gasteiger partial charge in [0, 0.05) is 16.5 Å². The van der Waals surface area contributed by atoms with Gasteiger partial charge in [-0.1, -0.05) is 23.7 Å². The van der Waals surface area contributed by atoms with Crippen LogP contribution < -0.4 is 5.32 Å². The van der Waals surface area contributed by atoms with Crippen LogP contribution in [0.1, 0.15) is 12.5 Å². The molecule has 1 aromatic rings. The molecule has 0 bridgehead atoms. The van der Waals surface area contributed by atoms with E-state index in [1.807, 2.05) is 38.2 Å². The Labute approximate surface area is 106 Å². The van der Waals surface area contributed by atoms with Gasteiger partial charge in [-0.25, -0.2) is 0 Å². The third-order valence-electron chi connectivity index (χ3n) is 2.37. The van der Waals surface area contributed by atoms with Crippen molar-refractivity contribution in [3.63, 3.8) is 0 Å². The lowest BCUT2D eigenvalue weighted by Gasteiger charge is -2.19. The lowest BCUT2D eigenvalue weighted by Crippen LogP contribution is -2.40. The molecule has 0 aliphatic rings. The topological polar surface area (TPSA) is 35.8 Å². The van der Waals surface area contributed by atoms with Crippen LogP contribution in [-0.4, -0.2) is 18.3 Å². The Hall–Kier alpha value is -0.690. The minimum Gasteiger partial charge on any atom is -0.302 e. The minimum atomic E-state index is -0.447. The van der Waals surface area contributed by atoms with Crippen molar-refractivity contribution in [2.75, 3.05) is 12.8 Å². The zero-order valence-corrected chi connectivity index (χ0v) is 11.0. The zero-order valence-electron chi connectivity index (χ0n) is 9.46. The van der Waals surface area contributed by atoms with Crippen molar-refractivity contribution in [1.29, 1.82) is 5.26 Å². The van der Waals surface area contributed by atoms with Gasteiger partial charge >= 0.3 is 0 Å². The zero-order chi connectivity index (χ0) is 12.0. The Morgan fingerprint density at radius 3 is 2.56 bits per heavy atom. The smallest absolute Gasteiger partial charge is 0.112 e. The molecule has 0 aliphatic carbocycles. The fourth-order valence-corrected chi connectivity index (χ4v) is 2.39. The Balaban J connectivity index is 2.42. The first kappa shape index (κ1) is 13.4. The summed E-state index contributed by atoms with van der Waals surface area (Å²) in [6.45, 7) is 1.90. The number of thioether (sulfide) groups is 1. The quantitative estimate of drug-likeness (QED) is 0.877. The first-order chi connectivity index (χ1) is 7.59. The van der Waals surface area contributed by atoms with E-state index >= 15 is 0 Å². The molecule has 0 spiro atoms. The van der Waals surface area contributed by atoms with E-state index in [4.69, 9.17) is 16.9 Å². The van der Waals surface area contributed by atoms with E-state index in [1.165, 1.54) is 5.56 Å². The van der Waals surface area contributed by atoms with E-state index in [1.54, 1.807) is 11.8 Å². The number of nitriles is 1. The van der Waals surface area contributed by atoms with Crippen LogP contribution in [0.2, 0.25) is 5.02 Å². The molecule has 4 heteroatoms. The molecule has 0 amide bonds. The Morgan fingerprint density at radius 2 is 2.06 bits per heavy atom. The molecule has 86 valence electrons. The summed E-state index contributed by atoms with van der Waals surface area (Å²) in [5, 5.41) is 12.8. The first-order valence-electron chi connectivity index (χ1n) is 5.02. The number of halogens is 1. The van der Waals surface area contributed by atoms with Crippen LogP contribution in [0.3, 0.4) is 0 Å². The number of hydrogen-bond donors (Lipinski definition) is 1. The van der Waals surface area contributed by atoms with Gasteiger partial charge < -0.3 is 5.32 Å². The van der Waals surface area contributed by atoms with Crippen molar-refractivity contribution in [2.24, 2.45) is 0 Å². The Morgan fingerprint density at radius 1 is 1.44 bits per heavy atom. The second-order valence-electron chi connectivity index (χ2n) is 3.81. The molecule has 1 rings (SSSR count). The van der Waals surface area contributed by atoms with Crippen molar-refractivity contribution in [1.82, 2.24) is 5.32 Å². The van der Waals surface area contributed by atoms with Crippen LogP contribution in [0.15, 0.2) is 24.3 Å². The number of nitrogens with one attached hydrogen (secondary N) is 1. The van der Waals surface area contributed by atoms with E-state index in [0.717, 1.165) is 16.5 Å². The van der Waals surface area contributed by atoms with E-state index < -0.39 is 5.54 Å². The lowest BCUT2D eigenvalue weighted by molar-refractivity contribution is 0.550. The largest absolute Gasteiger partial charge is 0.302 e. The van der Waals surface area contributed by atoms with Gasteiger partial charge in [-0.2, -0.15) is 17.0 Å². The molecular formula is C12H15ClN2S. The van der Waals surface area contributed by atoms with Crippen LogP contribution in [0.4, 0.5) is 0 Å². The fraction of sp³-hybridized carbons (Fsp3) is 0.417. The second-order valence-corrected chi connectivity index (χ2v) is 5.24. The van der Waals surface area contributed by atoms with Gasteiger partial charge in [-0.3, -0.25) is 0 Å². The average molecular weight is 255 g/mol. The SMILES string of the molecule is CNC(C)(C#N)CSCc1ccc(Cl)cc1. The van der Waals surface area contributed by atoms with Crippen LogP contribution in [-0.2, 0) is 5.75 Å². The molecule has 0 saturated carbocycles. The van der Waals surface area contributed by atoms with Crippen LogP contribution in [0.5, 0.6) is 0 Å². The summed E-state index contributed by atoms with van der Waals surface area (Å²) in [6.07, 6.45) is 0. The molecule has 1 N–H and O–H groups in total. The maximum Gasteiger partial charge on any atom is 0.112 e. The molecular weight excluding hydrogens is 240 g/mol. The van der Waals surface area contributed by atoms with E-state index in [0.29, 0.717) is 0 Å². The highest BCUT2D eigenvalue weighted by molar-refractivity contribution is 7.98. The third kappa shape index (κ3) is 4.05. The summed E-state index contributed by atoms with van der Waals surface area (Å²) >= 11 is 7.54. The average Bonchev–Trinajstić information content (AvgIpc) is 2.31. The van der Waals surface area contributed by atoms with Gasteiger partial charge in [0.25, 0.3) is 0 Å².